The minimum absolute atomic E-state index is 0.668. The molecule has 0 fully saturated rings. The lowest BCUT2D eigenvalue weighted by atomic mass is 9.95. The van der Waals surface area contributed by atoms with E-state index in [1.165, 1.54) is 16.7 Å². The maximum atomic E-state index is 5.13. The van der Waals surface area contributed by atoms with Crippen molar-refractivity contribution in [2.45, 2.75) is 19.5 Å². The van der Waals surface area contributed by atoms with Gasteiger partial charge in [0.2, 0.25) is 0 Å². The Kier molecular flexibility index (Phi) is 3.57. The van der Waals surface area contributed by atoms with E-state index in [0.717, 1.165) is 31.9 Å². The Balaban J connectivity index is 2.00. The number of hydrogen-bond donors (Lipinski definition) is 1. The normalized spacial score (nSPS) is 14.4. The van der Waals surface area contributed by atoms with E-state index in [2.05, 4.69) is 38.3 Å². The van der Waals surface area contributed by atoms with Crippen LogP contribution in [0.15, 0.2) is 24.5 Å². The van der Waals surface area contributed by atoms with Crippen molar-refractivity contribution >= 4 is 0 Å². The van der Waals surface area contributed by atoms with Gasteiger partial charge < -0.3 is 14.6 Å². The maximum Gasteiger partial charge on any atom is 0.164 e. The molecule has 3 rings (SSSR count). The number of ether oxygens (including phenoxy) is 1. The molecule has 5 nitrogen and oxygen atoms in total. The molecule has 0 spiro atoms. The van der Waals surface area contributed by atoms with E-state index in [4.69, 9.17) is 4.74 Å². The fourth-order valence-corrected chi connectivity index (χ4v) is 2.56. The molecule has 100 valence electrons. The summed E-state index contributed by atoms with van der Waals surface area (Å²) in [5.41, 5.74) is 3.96. The highest BCUT2D eigenvalue weighted by Gasteiger charge is 2.16. The van der Waals surface area contributed by atoms with Crippen LogP contribution < -0.4 is 5.32 Å². The zero-order valence-electron chi connectivity index (χ0n) is 11.1. The van der Waals surface area contributed by atoms with Crippen LogP contribution in [0.5, 0.6) is 0 Å². The van der Waals surface area contributed by atoms with Crippen molar-refractivity contribution in [3.8, 4) is 11.4 Å². The number of rotatable bonds is 4. The quantitative estimate of drug-likeness (QED) is 0.896. The first-order chi connectivity index (χ1) is 9.40. The molecule has 1 aliphatic rings. The van der Waals surface area contributed by atoms with Gasteiger partial charge in [0.15, 0.2) is 5.82 Å². The van der Waals surface area contributed by atoms with E-state index in [9.17, 15) is 0 Å². The Morgan fingerprint density at radius 1 is 1.42 bits per heavy atom. The van der Waals surface area contributed by atoms with E-state index < -0.39 is 0 Å². The molecule has 1 aliphatic heterocycles. The Morgan fingerprint density at radius 2 is 2.37 bits per heavy atom. The summed E-state index contributed by atoms with van der Waals surface area (Å²) < 4.78 is 7.19. The Labute approximate surface area is 112 Å². The molecule has 2 heterocycles. The fourth-order valence-electron chi connectivity index (χ4n) is 2.56. The largest absolute Gasteiger partial charge is 0.383 e. The fraction of sp³-hybridized carbons (Fsp3) is 0.429. The molecular formula is C14H18N4O. The lowest BCUT2D eigenvalue weighted by Crippen LogP contribution is -2.24. The first-order valence-electron chi connectivity index (χ1n) is 6.58. The molecule has 5 heteroatoms. The minimum atomic E-state index is 0.668. The molecule has 0 saturated heterocycles. The van der Waals surface area contributed by atoms with Crippen molar-refractivity contribution < 1.29 is 4.74 Å². The van der Waals surface area contributed by atoms with Crippen molar-refractivity contribution in [1.82, 2.24) is 20.1 Å². The zero-order chi connectivity index (χ0) is 13.1. The van der Waals surface area contributed by atoms with Gasteiger partial charge in [0.25, 0.3) is 0 Å². The van der Waals surface area contributed by atoms with Crippen LogP contribution in [0.1, 0.15) is 11.1 Å². The molecule has 1 aromatic carbocycles. The molecule has 0 saturated carbocycles. The second kappa shape index (κ2) is 5.50. The van der Waals surface area contributed by atoms with Crippen LogP contribution in [0.2, 0.25) is 0 Å². The molecular weight excluding hydrogens is 240 g/mol. The molecule has 0 amide bonds. The first-order valence-corrected chi connectivity index (χ1v) is 6.58. The average molecular weight is 258 g/mol. The summed E-state index contributed by atoms with van der Waals surface area (Å²) in [4.78, 5) is 0. The third-order valence-electron chi connectivity index (χ3n) is 3.53. The average Bonchev–Trinajstić information content (AvgIpc) is 2.92. The standard InChI is InChI=1S/C14H18N4O/c1-19-8-7-18-10-16-17-14(18)13-4-2-3-11-9-15-6-5-12(11)13/h2-4,10,15H,5-9H2,1H3. The highest BCUT2D eigenvalue weighted by molar-refractivity contribution is 5.63. The summed E-state index contributed by atoms with van der Waals surface area (Å²) in [6.07, 6.45) is 2.82. The van der Waals surface area contributed by atoms with Crippen molar-refractivity contribution in [2.24, 2.45) is 0 Å². The van der Waals surface area contributed by atoms with Crippen molar-refractivity contribution in [3.05, 3.63) is 35.7 Å². The molecule has 0 radical (unpaired) electrons. The van der Waals surface area contributed by atoms with Crippen molar-refractivity contribution in [1.29, 1.82) is 0 Å². The molecule has 2 aromatic rings. The van der Waals surface area contributed by atoms with Crippen LogP contribution in [-0.4, -0.2) is 35.0 Å². The van der Waals surface area contributed by atoms with Crippen LogP contribution in [0.4, 0.5) is 0 Å². The molecule has 0 aliphatic carbocycles. The Morgan fingerprint density at radius 3 is 3.26 bits per heavy atom. The highest BCUT2D eigenvalue weighted by Crippen LogP contribution is 2.26. The van der Waals surface area contributed by atoms with E-state index in [1.807, 2.05) is 0 Å². The summed E-state index contributed by atoms with van der Waals surface area (Å²) in [6, 6.07) is 6.41. The highest BCUT2D eigenvalue weighted by atomic mass is 16.5. The second-order valence-corrected chi connectivity index (χ2v) is 4.71. The van der Waals surface area contributed by atoms with Gasteiger partial charge in [0, 0.05) is 25.8 Å². The number of nitrogens with one attached hydrogen (secondary N) is 1. The van der Waals surface area contributed by atoms with Crippen molar-refractivity contribution in [2.75, 3.05) is 20.3 Å². The lowest BCUT2D eigenvalue weighted by molar-refractivity contribution is 0.187. The predicted octanol–water partition coefficient (Wildman–Crippen LogP) is 1.24. The number of benzene rings is 1. The number of aromatic nitrogens is 3. The molecule has 0 atom stereocenters. The smallest absolute Gasteiger partial charge is 0.164 e. The maximum absolute atomic E-state index is 5.13. The number of fused-ring (bicyclic) bond motifs is 1. The summed E-state index contributed by atoms with van der Waals surface area (Å²) >= 11 is 0. The van der Waals surface area contributed by atoms with Gasteiger partial charge >= 0.3 is 0 Å². The van der Waals surface area contributed by atoms with Crippen LogP contribution >= 0.6 is 0 Å². The number of methoxy groups -OCH3 is 1. The summed E-state index contributed by atoms with van der Waals surface area (Å²) in [6.45, 7) is 3.41. The molecule has 0 bridgehead atoms. The lowest BCUT2D eigenvalue weighted by Gasteiger charge is -2.20. The monoisotopic (exact) mass is 258 g/mol. The van der Waals surface area contributed by atoms with E-state index in [-0.39, 0.29) is 0 Å². The predicted molar refractivity (Wildman–Crippen MR) is 72.7 cm³/mol. The Bertz CT molecular complexity index is 564. The third kappa shape index (κ3) is 2.39. The number of hydrogen-bond acceptors (Lipinski definition) is 4. The Hall–Kier alpha value is -1.72. The van der Waals surface area contributed by atoms with E-state index in [0.29, 0.717) is 6.61 Å². The summed E-state index contributed by atoms with van der Waals surface area (Å²) in [5, 5.41) is 11.7. The van der Waals surface area contributed by atoms with Gasteiger partial charge in [-0.05, 0) is 24.1 Å². The van der Waals surface area contributed by atoms with Crippen molar-refractivity contribution in [3.63, 3.8) is 0 Å². The van der Waals surface area contributed by atoms with Gasteiger partial charge in [-0.2, -0.15) is 0 Å². The molecule has 19 heavy (non-hydrogen) atoms. The minimum Gasteiger partial charge on any atom is -0.383 e. The second-order valence-electron chi connectivity index (χ2n) is 4.71. The zero-order valence-corrected chi connectivity index (χ0v) is 11.1. The SMILES string of the molecule is COCCn1cnnc1-c1cccc2c1CCNC2. The molecule has 0 unspecified atom stereocenters. The topological polar surface area (TPSA) is 52.0 Å². The third-order valence-corrected chi connectivity index (χ3v) is 3.53. The first kappa shape index (κ1) is 12.3. The van der Waals surface area contributed by atoms with Gasteiger partial charge in [-0.25, -0.2) is 0 Å². The van der Waals surface area contributed by atoms with Gasteiger partial charge in [0.1, 0.15) is 6.33 Å². The van der Waals surface area contributed by atoms with Gasteiger partial charge in [0.05, 0.1) is 6.61 Å². The summed E-state index contributed by atoms with van der Waals surface area (Å²) in [5.74, 6) is 0.941. The van der Waals surface area contributed by atoms with E-state index >= 15 is 0 Å². The van der Waals surface area contributed by atoms with Crippen LogP contribution in [0.3, 0.4) is 0 Å². The van der Waals surface area contributed by atoms with E-state index in [1.54, 1.807) is 13.4 Å². The van der Waals surface area contributed by atoms with Crippen LogP contribution in [0, 0.1) is 0 Å². The summed E-state index contributed by atoms with van der Waals surface area (Å²) in [7, 11) is 1.71. The number of nitrogens with zero attached hydrogens (tertiary/aromatic N) is 3. The molecule has 1 aromatic heterocycles. The van der Waals surface area contributed by atoms with Crippen LogP contribution in [-0.2, 0) is 24.2 Å². The van der Waals surface area contributed by atoms with Crippen LogP contribution in [0.25, 0.3) is 11.4 Å². The van der Waals surface area contributed by atoms with Gasteiger partial charge in [-0.1, -0.05) is 18.2 Å². The molecule has 1 N–H and O–H groups in total. The van der Waals surface area contributed by atoms with Gasteiger partial charge in [-0.3, -0.25) is 0 Å². The van der Waals surface area contributed by atoms with Gasteiger partial charge in [-0.15, -0.1) is 10.2 Å².